The minimum absolute atomic E-state index is 0.0189. The largest absolute Gasteiger partial charge is 0.454 e. The molecule has 400 valence electrons. The average molecular weight is 1060 g/mol. The van der Waals surface area contributed by atoms with Crippen LogP contribution >= 0.6 is 0 Å². The zero-order chi connectivity index (χ0) is 55.0. The number of aryl methyl sites for hydroxylation is 1. The zero-order valence-electron chi connectivity index (χ0n) is 48.3. The van der Waals surface area contributed by atoms with Crippen molar-refractivity contribution in [2.75, 3.05) is 19.6 Å². The number of benzene rings is 9. The topological polar surface area (TPSA) is 26.1 Å². The van der Waals surface area contributed by atoms with Crippen LogP contribution in [0, 0.1) is 6.92 Å². The van der Waals surface area contributed by atoms with E-state index in [4.69, 9.17) is 4.42 Å². The first kappa shape index (κ1) is 48.9. The molecule has 6 aliphatic rings. The van der Waals surface area contributed by atoms with Crippen LogP contribution in [0.3, 0.4) is 0 Å². The Balaban J connectivity index is 0.998. The van der Waals surface area contributed by atoms with Gasteiger partial charge < -0.3 is 24.0 Å². The second-order valence-corrected chi connectivity index (χ2v) is 26.7. The summed E-state index contributed by atoms with van der Waals surface area (Å²) in [4.78, 5) is 10.8. The van der Waals surface area contributed by atoms with Crippen molar-refractivity contribution in [3.8, 4) is 11.1 Å². The number of para-hydroxylation sites is 4. The lowest BCUT2D eigenvalue weighted by Gasteiger charge is -2.51. The van der Waals surface area contributed by atoms with Crippen molar-refractivity contribution >= 4 is 102 Å². The van der Waals surface area contributed by atoms with E-state index in [0.717, 1.165) is 40.5 Å². The number of fused-ring (bicyclic) bond motifs is 13. The maximum atomic E-state index is 7.09. The molecule has 0 N–H and O–H groups in total. The Morgan fingerprint density at radius 1 is 0.444 bits per heavy atom. The minimum Gasteiger partial charge on any atom is -0.454 e. The molecule has 10 aromatic rings. The fourth-order valence-electron chi connectivity index (χ4n) is 17.1. The summed E-state index contributed by atoms with van der Waals surface area (Å²) in [6, 6.07) is 72.5. The quantitative estimate of drug-likeness (QED) is 0.160. The lowest BCUT2D eigenvalue weighted by Crippen LogP contribution is -2.61. The fraction of sp³-hybridized carbons (Fsp3) is 0.280. The first-order valence-corrected chi connectivity index (χ1v) is 30.1. The van der Waals surface area contributed by atoms with Gasteiger partial charge in [0.15, 0.2) is 5.58 Å². The molecule has 0 amide bonds. The molecule has 0 saturated heterocycles. The van der Waals surface area contributed by atoms with E-state index >= 15 is 0 Å². The van der Waals surface area contributed by atoms with Gasteiger partial charge in [-0.25, -0.2) is 0 Å². The minimum atomic E-state index is -0.102. The molecule has 9 aromatic carbocycles. The van der Waals surface area contributed by atoms with Gasteiger partial charge in [0.05, 0.1) is 22.5 Å². The average Bonchev–Trinajstić information content (AvgIpc) is 3.47. The van der Waals surface area contributed by atoms with Gasteiger partial charge in [-0.15, -0.1) is 0 Å². The predicted molar refractivity (Wildman–Crippen MR) is 342 cm³/mol. The highest BCUT2D eigenvalue weighted by molar-refractivity contribution is 7.00. The molecule has 4 aliphatic heterocycles. The molecule has 4 unspecified atom stereocenters. The monoisotopic (exact) mass is 1050 g/mol. The number of rotatable bonds is 5. The van der Waals surface area contributed by atoms with Gasteiger partial charge in [0.1, 0.15) is 5.58 Å². The zero-order valence-corrected chi connectivity index (χ0v) is 48.3. The molecule has 2 fully saturated rings. The van der Waals surface area contributed by atoms with Gasteiger partial charge in [-0.2, -0.15) is 0 Å². The van der Waals surface area contributed by atoms with Crippen molar-refractivity contribution in [1.29, 1.82) is 0 Å². The summed E-state index contributed by atoms with van der Waals surface area (Å²) in [5.74, 6) is 0. The lowest BCUT2D eigenvalue weighted by atomic mass is 9.33. The molecule has 0 spiro atoms. The van der Waals surface area contributed by atoms with Crippen molar-refractivity contribution < 1.29 is 4.42 Å². The molecule has 4 atom stereocenters. The maximum Gasteiger partial charge on any atom is 0.252 e. The SMILES string of the molecule is Cc1cc2c3c(c1)N(c1cccc4c1oc1ccccc14)c1cc(N4c5ccccc5C5(C)CCCCC45C)ccc1B3c1ccc(N3c4ccccc4C4(C)CCCCC34C)cc1N2c1ccc(C(C)(C)C)cc1-c1ccccc1. The number of nitrogens with zero attached hydrogens (tertiary/aromatic N) is 4. The van der Waals surface area contributed by atoms with Crippen molar-refractivity contribution in [2.24, 2.45) is 0 Å². The maximum absolute atomic E-state index is 7.09. The Morgan fingerprint density at radius 2 is 0.963 bits per heavy atom. The van der Waals surface area contributed by atoms with E-state index < -0.39 is 0 Å². The van der Waals surface area contributed by atoms with Gasteiger partial charge in [-0.05, 0) is 169 Å². The van der Waals surface area contributed by atoms with Crippen LogP contribution in [-0.2, 0) is 16.2 Å². The Kier molecular flexibility index (Phi) is 10.3. The molecule has 2 saturated carbocycles. The van der Waals surface area contributed by atoms with E-state index in [1.165, 1.54) is 139 Å². The molecule has 0 radical (unpaired) electrons. The summed E-state index contributed by atoms with van der Waals surface area (Å²) in [7, 11) is 0. The first-order valence-electron chi connectivity index (χ1n) is 30.1. The second kappa shape index (κ2) is 17.0. The van der Waals surface area contributed by atoms with Gasteiger partial charge in [0.25, 0.3) is 6.71 Å². The number of anilines is 10. The third kappa shape index (κ3) is 6.56. The molecule has 6 heteroatoms. The van der Waals surface area contributed by atoms with Crippen molar-refractivity contribution in [3.05, 3.63) is 210 Å². The summed E-state index contributed by atoms with van der Waals surface area (Å²) in [5, 5.41) is 2.26. The van der Waals surface area contributed by atoms with Crippen LogP contribution in [0.2, 0.25) is 0 Å². The first-order chi connectivity index (χ1) is 39.2. The number of hydrogen-bond acceptors (Lipinski definition) is 5. The van der Waals surface area contributed by atoms with E-state index in [0.29, 0.717) is 0 Å². The summed E-state index contributed by atoms with van der Waals surface area (Å²) in [5.41, 5.74) is 25.7. The van der Waals surface area contributed by atoms with E-state index in [1.807, 2.05) is 0 Å². The van der Waals surface area contributed by atoms with Gasteiger partial charge in [0.2, 0.25) is 0 Å². The standard InChI is InChI=1S/C75H71BN4O/c1-48-43-66-69-67(44-48)78(63-31-22-26-54-53-25-12-17-32-68(53)81-70(54)63)65-47-52(80-62-30-16-14-28-57(62)73(6)40-19-21-42-75(73,80)8)35-37-59(65)76(69)58-36-34-51(79-61-29-15-13-27-56(61)72(5)39-18-20-41-74(72,79)7)46-64(58)77(66)60-38-33-50(71(2,3)4)45-55(60)49-23-10-9-11-24-49/h9-17,22-38,43-47H,18-21,39-42H2,1-8H3. The van der Waals surface area contributed by atoms with E-state index in [9.17, 15) is 0 Å². The summed E-state index contributed by atoms with van der Waals surface area (Å²) in [6.07, 6.45) is 9.60. The van der Waals surface area contributed by atoms with Crippen molar-refractivity contribution in [2.45, 2.75) is 134 Å². The molecule has 1 aromatic heterocycles. The third-order valence-electron chi connectivity index (χ3n) is 21.5. The number of hydrogen-bond donors (Lipinski definition) is 0. The Labute approximate surface area is 478 Å². The Morgan fingerprint density at radius 3 is 1.57 bits per heavy atom. The van der Waals surface area contributed by atoms with Crippen LogP contribution < -0.4 is 36.0 Å². The van der Waals surface area contributed by atoms with Gasteiger partial charge in [0, 0.05) is 72.7 Å². The predicted octanol–water partition coefficient (Wildman–Crippen LogP) is 18.4. The summed E-state index contributed by atoms with van der Waals surface area (Å²) >= 11 is 0. The molecule has 2 aliphatic carbocycles. The second-order valence-electron chi connectivity index (χ2n) is 26.7. The molecule has 81 heavy (non-hydrogen) atoms. The Hall–Kier alpha value is -7.96. The molecule has 16 rings (SSSR count). The van der Waals surface area contributed by atoms with Crippen LogP contribution in [-0.4, -0.2) is 17.8 Å². The molecular formula is C75H71BN4O. The van der Waals surface area contributed by atoms with Crippen LogP contribution in [0.5, 0.6) is 0 Å². The normalized spacial score (nSPS) is 23.2. The third-order valence-corrected chi connectivity index (χ3v) is 21.5. The van der Waals surface area contributed by atoms with Crippen LogP contribution in [0.1, 0.15) is 122 Å². The highest BCUT2D eigenvalue weighted by Crippen LogP contribution is 2.63. The van der Waals surface area contributed by atoms with E-state index in [2.05, 4.69) is 263 Å². The lowest BCUT2D eigenvalue weighted by molar-refractivity contribution is 0.195. The van der Waals surface area contributed by atoms with Crippen molar-refractivity contribution in [3.63, 3.8) is 0 Å². The van der Waals surface area contributed by atoms with Gasteiger partial charge in [-0.1, -0.05) is 176 Å². The summed E-state index contributed by atoms with van der Waals surface area (Å²) in [6.45, 7) is 19.5. The van der Waals surface area contributed by atoms with Crippen molar-refractivity contribution in [1.82, 2.24) is 0 Å². The summed E-state index contributed by atoms with van der Waals surface area (Å²) < 4.78 is 7.09. The van der Waals surface area contributed by atoms with Crippen LogP contribution in [0.15, 0.2) is 192 Å². The number of furan rings is 1. The molecule has 5 nitrogen and oxygen atoms in total. The van der Waals surface area contributed by atoms with Crippen LogP contribution in [0.4, 0.5) is 56.9 Å². The fourth-order valence-corrected chi connectivity index (χ4v) is 17.1. The van der Waals surface area contributed by atoms with Crippen LogP contribution in [0.25, 0.3) is 33.1 Å². The van der Waals surface area contributed by atoms with E-state index in [-0.39, 0.29) is 34.0 Å². The van der Waals surface area contributed by atoms with Gasteiger partial charge >= 0.3 is 0 Å². The Bertz CT molecular complexity index is 4270. The highest BCUT2D eigenvalue weighted by atomic mass is 16.3. The molecule has 0 bridgehead atoms. The highest BCUT2D eigenvalue weighted by Gasteiger charge is 2.59. The smallest absolute Gasteiger partial charge is 0.252 e. The molecular weight excluding hydrogens is 984 g/mol. The molecule has 5 heterocycles. The van der Waals surface area contributed by atoms with Gasteiger partial charge in [-0.3, -0.25) is 0 Å². The van der Waals surface area contributed by atoms with E-state index in [1.54, 1.807) is 0 Å².